The van der Waals surface area contributed by atoms with E-state index in [1.807, 2.05) is 0 Å². The average molecular weight is 356 g/mol. The second-order valence-corrected chi connectivity index (χ2v) is 8.36. The third-order valence-electron chi connectivity index (χ3n) is 2.88. The minimum absolute atomic E-state index is 0.108. The zero-order valence-electron chi connectivity index (χ0n) is 10.7. The molecule has 21 heavy (non-hydrogen) atoms. The Balaban J connectivity index is 1.88. The predicted molar refractivity (Wildman–Crippen MR) is 77.3 cm³/mol. The molecule has 0 bridgehead atoms. The number of amides is 1. The largest absolute Gasteiger partial charge is 0.350 e. The Kier molecular flexibility index (Phi) is 5.11. The van der Waals surface area contributed by atoms with Crippen LogP contribution in [0.15, 0.2) is 23.1 Å². The fourth-order valence-corrected chi connectivity index (χ4v) is 5.20. The van der Waals surface area contributed by atoms with Crippen LogP contribution in [0.1, 0.15) is 0 Å². The van der Waals surface area contributed by atoms with E-state index < -0.39 is 38.8 Å². The van der Waals surface area contributed by atoms with Gasteiger partial charge in [-0.05, 0) is 12.1 Å². The highest BCUT2D eigenvalue weighted by Crippen LogP contribution is 2.23. The van der Waals surface area contributed by atoms with Gasteiger partial charge in [0.25, 0.3) is 0 Å². The summed E-state index contributed by atoms with van der Waals surface area (Å²) in [5, 5.41) is 1.86. The summed E-state index contributed by atoms with van der Waals surface area (Å²) in [5.74, 6) is -2.35. The highest BCUT2D eigenvalue weighted by Gasteiger charge is 2.37. The van der Waals surface area contributed by atoms with Gasteiger partial charge in [0.2, 0.25) is 5.91 Å². The molecule has 1 N–H and O–H groups in total. The molecular formula is C12H12ClF2NO3S2. The van der Waals surface area contributed by atoms with Crippen molar-refractivity contribution < 1.29 is 22.0 Å². The lowest BCUT2D eigenvalue weighted by atomic mass is 10.2. The topological polar surface area (TPSA) is 63.2 Å². The van der Waals surface area contributed by atoms with E-state index >= 15 is 0 Å². The number of rotatable bonds is 4. The summed E-state index contributed by atoms with van der Waals surface area (Å²) in [7, 11) is -3.22. The Hall–Kier alpha value is -0.860. The Labute approximate surface area is 130 Å². The molecule has 1 heterocycles. The molecule has 1 fully saturated rings. The maximum atomic E-state index is 13.4. The van der Waals surface area contributed by atoms with Gasteiger partial charge in [-0.15, -0.1) is 23.4 Å². The number of carbonyl (C=O) groups excluding carboxylic acids is 1. The fourth-order valence-electron chi connectivity index (χ4n) is 1.92. The summed E-state index contributed by atoms with van der Waals surface area (Å²) in [4.78, 5) is 11.9. The summed E-state index contributed by atoms with van der Waals surface area (Å²) in [6.07, 6.45) is 0. The number of carbonyl (C=O) groups is 1. The van der Waals surface area contributed by atoms with Gasteiger partial charge in [0.05, 0.1) is 28.7 Å². The molecule has 4 nitrogen and oxygen atoms in total. The van der Waals surface area contributed by atoms with Crippen molar-refractivity contribution in [2.45, 2.75) is 16.3 Å². The second kappa shape index (κ2) is 6.50. The zero-order chi connectivity index (χ0) is 15.6. The van der Waals surface area contributed by atoms with Crippen molar-refractivity contribution in [2.75, 3.05) is 17.3 Å². The Morgan fingerprint density at radius 2 is 2.10 bits per heavy atom. The van der Waals surface area contributed by atoms with Gasteiger partial charge in [-0.1, -0.05) is 0 Å². The summed E-state index contributed by atoms with van der Waals surface area (Å²) >= 11 is 6.77. The van der Waals surface area contributed by atoms with Crippen molar-refractivity contribution in [3.05, 3.63) is 29.8 Å². The summed E-state index contributed by atoms with van der Waals surface area (Å²) < 4.78 is 48.8. The molecule has 1 aromatic carbocycles. The number of benzene rings is 1. The molecule has 1 amide bonds. The number of hydrogen-bond acceptors (Lipinski definition) is 4. The molecule has 116 valence electrons. The molecule has 1 aliphatic rings. The molecule has 2 atom stereocenters. The van der Waals surface area contributed by atoms with E-state index in [4.69, 9.17) is 11.6 Å². The predicted octanol–water partition coefficient (Wildman–Crippen LogP) is 1.58. The maximum absolute atomic E-state index is 13.4. The first-order valence-corrected chi connectivity index (χ1v) is 9.23. The molecule has 1 aliphatic heterocycles. The van der Waals surface area contributed by atoms with Crippen molar-refractivity contribution in [1.82, 2.24) is 5.32 Å². The normalized spacial score (nSPS) is 24.0. The van der Waals surface area contributed by atoms with E-state index in [1.54, 1.807) is 0 Å². The van der Waals surface area contributed by atoms with E-state index in [-0.39, 0.29) is 22.2 Å². The van der Waals surface area contributed by atoms with Gasteiger partial charge in [-0.3, -0.25) is 4.79 Å². The second-order valence-electron chi connectivity index (χ2n) is 4.63. The smallest absolute Gasteiger partial charge is 0.230 e. The zero-order valence-corrected chi connectivity index (χ0v) is 13.1. The molecule has 0 aliphatic carbocycles. The van der Waals surface area contributed by atoms with Gasteiger partial charge in [-0.25, -0.2) is 17.2 Å². The van der Waals surface area contributed by atoms with E-state index in [1.165, 1.54) is 6.07 Å². The molecule has 0 unspecified atom stereocenters. The average Bonchev–Trinajstić information content (AvgIpc) is 2.61. The van der Waals surface area contributed by atoms with Crippen molar-refractivity contribution in [1.29, 1.82) is 0 Å². The van der Waals surface area contributed by atoms with E-state index in [0.717, 1.165) is 23.9 Å². The lowest BCUT2D eigenvalue weighted by Crippen LogP contribution is -2.41. The van der Waals surface area contributed by atoms with Gasteiger partial charge < -0.3 is 5.32 Å². The molecule has 2 rings (SSSR count). The first kappa shape index (κ1) is 16.5. The standard InChI is InChI=1S/C12H12ClF2NO3S2/c13-8-5-21(18,19)6-10(8)16-12(17)4-20-11-2-1-7(14)3-9(11)15/h1-3,8,10H,4-6H2,(H,16,17)/t8-,10-/m1/s1. The van der Waals surface area contributed by atoms with Crippen molar-refractivity contribution >= 4 is 39.1 Å². The fraction of sp³-hybridized carbons (Fsp3) is 0.417. The van der Waals surface area contributed by atoms with Crippen LogP contribution >= 0.6 is 23.4 Å². The third-order valence-corrected chi connectivity index (χ3v) is 6.31. The minimum atomic E-state index is -3.22. The number of sulfone groups is 1. The minimum Gasteiger partial charge on any atom is -0.350 e. The van der Waals surface area contributed by atoms with Crippen LogP contribution in [0.5, 0.6) is 0 Å². The molecule has 0 aromatic heterocycles. The van der Waals surface area contributed by atoms with E-state index in [2.05, 4.69) is 5.32 Å². The SMILES string of the molecule is O=C(CSc1ccc(F)cc1F)N[C@@H]1CS(=O)(=O)C[C@H]1Cl. The molecule has 0 radical (unpaired) electrons. The van der Waals surface area contributed by atoms with Crippen molar-refractivity contribution in [3.63, 3.8) is 0 Å². The molecule has 1 saturated heterocycles. The van der Waals surface area contributed by atoms with E-state index in [9.17, 15) is 22.0 Å². The number of hydrogen-bond donors (Lipinski definition) is 1. The Bertz CT molecular complexity index is 654. The van der Waals surface area contributed by atoms with Gasteiger partial charge in [0.15, 0.2) is 9.84 Å². The van der Waals surface area contributed by atoms with Crippen LogP contribution in [0.2, 0.25) is 0 Å². The first-order chi connectivity index (χ1) is 9.77. The first-order valence-electron chi connectivity index (χ1n) is 5.98. The van der Waals surface area contributed by atoms with Gasteiger partial charge in [-0.2, -0.15) is 0 Å². The van der Waals surface area contributed by atoms with Crippen LogP contribution in [0.3, 0.4) is 0 Å². The van der Waals surface area contributed by atoms with Crippen LogP contribution < -0.4 is 5.32 Å². The molecular weight excluding hydrogens is 344 g/mol. The van der Waals surface area contributed by atoms with Gasteiger partial charge in [0.1, 0.15) is 11.6 Å². The number of nitrogens with one attached hydrogen (secondary N) is 1. The molecule has 0 saturated carbocycles. The molecule has 9 heteroatoms. The Morgan fingerprint density at radius 3 is 2.67 bits per heavy atom. The third kappa shape index (κ3) is 4.55. The highest BCUT2D eigenvalue weighted by molar-refractivity contribution is 8.00. The summed E-state index contributed by atoms with van der Waals surface area (Å²) in [6, 6.07) is 2.44. The van der Waals surface area contributed by atoms with Crippen LogP contribution in [-0.2, 0) is 14.6 Å². The summed E-state index contributed by atoms with van der Waals surface area (Å²) in [6.45, 7) is 0. The van der Waals surface area contributed by atoms with Crippen LogP contribution in [-0.4, -0.2) is 43.0 Å². The highest BCUT2D eigenvalue weighted by atomic mass is 35.5. The van der Waals surface area contributed by atoms with E-state index in [0.29, 0.717) is 0 Å². The van der Waals surface area contributed by atoms with Crippen LogP contribution in [0.25, 0.3) is 0 Å². The van der Waals surface area contributed by atoms with Crippen molar-refractivity contribution in [2.24, 2.45) is 0 Å². The molecule has 0 spiro atoms. The summed E-state index contributed by atoms with van der Waals surface area (Å²) in [5.41, 5.74) is 0. The number of alkyl halides is 1. The maximum Gasteiger partial charge on any atom is 0.230 e. The molecule has 1 aromatic rings. The number of thioether (sulfide) groups is 1. The van der Waals surface area contributed by atoms with Crippen LogP contribution in [0, 0.1) is 11.6 Å². The van der Waals surface area contributed by atoms with Crippen LogP contribution in [0.4, 0.5) is 8.78 Å². The van der Waals surface area contributed by atoms with Gasteiger partial charge in [0, 0.05) is 11.0 Å². The van der Waals surface area contributed by atoms with Gasteiger partial charge >= 0.3 is 0 Å². The number of halogens is 3. The lowest BCUT2D eigenvalue weighted by Gasteiger charge is -2.14. The lowest BCUT2D eigenvalue weighted by molar-refractivity contribution is -0.119. The van der Waals surface area contributed by atoms with Crippen molar-refractivity contribution in [3.8, 4) is 0 Å². The quantitative estimate of drug-likeness (QED) is 0.658. The monoisotopic (exact) mass is 355 g/mol. The Morgan fingerprint density at radius 1 is 1.38 bits per heavy atom.